The second-order valence-electron chi connectivity index (χ2n) is 5.32. The second-order valence-corrected chi connectivity index (χ2v) is 5.32. The van der Waals surface area contributed by atoms with Crippen LogP contribution in [0, 0.1) is 0 Å². The van der Waals surface area contributed by atoms with E-state index < -0.39 is 0 Å². The molecule has 0 atom stereocenters. The van der Waals surface area contributed by atoms with Crippen LogP contribution in [0.4, 0.5) is 11.4 Å². The molecular weight excluding hydrogens is 276 g/mol. The van der Waals surface area contributed by atoms with Gasteiger partial charge in [-0.15, -0.1) is 0 Å². The number of carbonyl (C=O) groups excluding carboxylic acids is 2. The van der Waals surface area contributed by atoms with Crippen LogP contribution >= 0.6 is 0 Å². The van der Waals surface area contributed by atoms with Gasteiger partial charge in [-0.2, -0.15) is 0 Å². The molecule has 0 bridgehead atoms. The third kappa shape index (κ3) is 2.72. The van der Waals surface area contributed by atoms with E-state index in [2.05, 4.69) is 5.32 Å². The normalized spacial score (nSPS) is 12.9. The van der Waals surface area contributed by atoms with Gasteiger partial charge in [-0.3, -0.25) is 9.59 Å². The van der Waals surface area contributed by atoms with Crippen molar-refractivity contribution in [2.75, 3.05) is 16.8 Å². The van der Waals surface area contributed by atoms with E-state index in [-0.39, 0.29) is 11.8 Å². The number of fused-ring (bicyclic) bond motifs is 1. The van der Waals surface area contributed by atoms with Gasteiger partial charge in [-0.25, -0.2) is 0 Å². The van der Waals surface area contributed by atoms with Gasteiger partial charge in [-0.05, 0) is 42.3 Å². The van der Waals surface area contributed by atoms with Crippen molar-refractivity contribution in [1.82, 2.24) is 0 Å². The van der Waals surface area contributed by atoms with Crippen LogP contribution in [0.25, 0.3) is 0 Å². The van der Waals surface area contributed by atoms with Crippen LogP contribution in [0.15, 0.2) is 48.5 Å². The van der Waals surface area contributed by atoms with Crippen molar-refractivity contribution in [2.24, 2.45) is 0 Å². The number of benzene rings is 2. The second kappa shape index (κ2) is 6.02. The van der Waals surface area contributed by atoms with Crippen molar-refractivity contribution in [3.8, 4) is 0 Å². The van der Waals surface area contributed by atoms with Gasteiger partial charge in [0.05, 0.1) is 0 Å². The van der Waals surface area contributed by atoms with Gasteiger partial charge >= 0.3 is 0 Å². The van der Waals surface area contributed by atoms with Crippen molar-refractivity contribution in [3.05, 3.63) is 59.7 Å². The molecular formula is C18H18N2O2. The van der Waals surface area contributed by atoms with Crippen LogP contribution in [0.1, 0.15) is 29.3 Å². The van der Waals surface area contributed by atoms with Crippen molar-refractivity contribution >= 4 is 23.2 Å². The van der Waals surface area contributed by atoms with E-state index >= 15 is 0 Å². The van der Waals surface area contributed by atoms with E-state index in [1.807, 2.05) is 55.5 Å². The van der Waals surface area contributed by atoms with Crippen LogP contribution < -0.4 is 10.2 Å². The summed E-state index contributed by atoms with van der Waals surface area (Å²) in [5.74, 6) is 0.0138. The van der Waals surface area contributed by atoms with E-state index in [0.29, 0.717) is 18.5 Å². The predicted octanol–water partition coefficient (Wildman–Crippen LogP) is 3.24. The van der Waals surface area contributed by atoms with Gasteiger partial charge in [0.15, 0.2) is 0 Å². The quantitative estimate of drug-likeness (QED) is 0.944. The molecule has 0 saturated heterocycles. The lowest BCUT2D eigenvalue weighted by Crippen LogP contribution is -2.28. The third-order valence-electron chi connectivity index (χ3n) is 3.85. The maximum atomic E-state index is 12.6. The molecule has 0 fully saturated rings. The number of nitrogens with zero attached hydrogens (tertiary/aromatic N) is 1. The average molecular weight is 294 g/mol. The highest BCUT2D eigenvalue weighted by Crippen LogP contribution is 2.31. The van der Waals surface area contributed by atoms with E-state index in [0.717, 1.165) is 23.4 Å². The van der Waals surface area contributed by atoms with Gasteiger partial charge in [0.25, 0.3) is 5.91 Å². The Bertz CT molecular complexity index is 710. The predicted molar refractivity (Wildman–Crippen MR) is 87.2 cm³/mol. The number of hydrogen-bond donors (Lipinski definition) is 1. The summed E-state index contributed by atoms with van der Waals surface area (Å²) in [4.78, 5) is 25.8. The summed E-state index contributed by atoms with van der Waals surface area (Å²) in [6.07, 6.45) is 1.26. The monoisotopic (exact) mass is 294 g/mol. The molecule has 0 spiro atoms. The van der Waals surface area contributed by atoms with Crippen LogP contribution in [0.2, 0.25) is 0 Å². The first kappa shape index (κ1) is 14.3. The van der Waals surface area contributed by atoms with E-state index in [1.54, 1.807) is 4.90 Å². The highest BCUT2D eigenvalue weighted by Gasteiger charge is 2.25. The number of rotatable bonds is 3. The van der Waals surface area contributed by atoms with Crippen molar-refractivity contribution in [1.29, 1.82) is 0 Å². The van der Waals surface area contributed by atoms with Crippen LogP contribution in [0.5, 0.6) is 0 Å². The van der Waals surface area contributed by atoms with Gasteiger partial charge in [0, 0.05) is 29.9 Å². The summed E-state index contributed by atoms with van der Waals surface area (Å²) in [5, 5.41) is 2.85. The molecule has 22 heavy (non-hydrogen) atoms. The fourth-order valence-electron chi connectivity index (χ4n) is 2.68. The van der Waals surface area contributed by atoms with Crippen molar-refractivity contribution in [2.45, 2.75) is 19.8 Å². The third-order valence-corrected chi connectivity index (χ3v) is 3.85. The molecule has 1 aliphatic rings. The zero-order valence-corrected chi connectivity index (χ0v) is 12.5. The van der Waals surface area contributed by atoms with Gasteiger partial charge in [0.2, 0.25) is 5.91 Å². The molecule has 2 aromatic rings. The molecule has 4 heteroatoms. The van der Waals surface area contributed by atoms with Crippen molar-refractivity contribution < 1.29 is 9.59 Å². The average Bonchev–Trinajstić information content (AvgIpc) is 2.98. The summed E-state index contributed by atoms with van der Waals surface area (Å²) in [6, 6.07) is 15.0. The minimum atomic E-state index is -0.00448. The first-order valence-electron chi connectivity index (χ1n) is 7.48. The van der Waals surface area contributed by atoms with Crippen LogP contribution in [-0.2, 0) is 11.2 Å². The van der Waals surface area contributed by atoms with Crippen LogP contribution in [-0.4, -0.2) is 18.4 Å². The molecule has 112 valence electrons. The number of amides is 2. The molecule has 1 aliphatic heterocycles. The van der Waals surface area contributed by atoms with Gasteiger partial charge in [0.1, 0.15) is 0 Å². The lowest BCUT2D eigenvalue weighted by molar-refractivity contribution is -0.115. The summed E-state index contributed by atoms with van der Waals surface area (Å²) in [7, 11) is 0. The molecule has 4 nitrogen and oxygen atoms in total. The molecule has 0 saturated carbocycles. The van der Waals surface area contributed by atoms with E-state index in [4.69, 9.17) is 0 Å². The fourth-order valence-corrected chi connectivity index (χ4v) is 2.68. The zero-order chi connectivity index (χ0) is 15.5. The SMILES string of the molecule is CCC(=O)Nc1ccc2c(c1)CCN2C(=O)c1ccccc1. The Morgan fingerprint density at radius 2 is 1.91 bits per heavy atom. The Balaban J connectivity index is 1.83. The molecule has 3 rings (SSSR count). The Morgan fingerprint density at radius 3 is 2.64 bits per heavy atom. The molecule has 1 heterocycles. The summed E-state index contributed by atoms with van der Waals surface area (Å²) < 4.78 is 0. The fraction of sp³-hybridized carbons (Fsp3) is 0.222. The minimum absolute atomic E-state index is 0.00448. The number of carbonyl (C=O) groups is 2. The van der Waals surface area contributed by atoms with Crippen molar-refractivity contribution in [3.63, 3.8) is 0 Å². The Morgan fingerprint density at radius 1 is 1.14 bits per heavy atom. The molecule has 0 aromatic heterocycles. The van der Waals surface area contributed by atoms with Gasteiger partial charge < -0.3 is 10.2 Å². The van der Waals surface area contributed by atoms with Gasteiger partial charge in [-0.1, -0.05) is 25.1 Å². The number of hydrogen-bond acceptors (Lipinski definition) is 2. The van der Waals surface area contributed by atoms with Crippen LogP contribution in [0.3, 0.4) is 0 Å². The first-order valence-corrected chi connectivity index (χ1v) is 7.48. The standard InChI is InChI=1S/C18H18N2O2/c1-2-17(21)19-15-8-9-16-14(12-15)10-11-20(16)18(22)13-6-4-3-5-7-13/h3-9,12H,2,10-11H2,1H3,(H,19,21). The van der Waals surface area contributed by atoms with E-state index in [1.165, 1.54) is 0 Å². The zero-order valence-electron chi connectivity index (χ0n) is 12.5. The minimum Gasteiger partial charge on any atom is -0.326 e. The number of anilines is 2. The molecule has 0 unspecified atom stereocenters. The Kier molecular flexibility index (Phi) is 3.92. The smallest absolute Gasteiger partial charge is 0.258 e. The lowest BCUT2D eigenvalue weighted by atomic mass is 10.1. The molecule has 1 N–H and O–H groups in total. The Hall–Kier alpha value is -2.62. The molecule has 2 amide bonds. The van der Waals surface area contributed by atoms with E-state index in [9.17, 15) is 9.59 Å². The maximum absolute atomic E-state index is 12.6. The summed E-state index contributed by atoms with van der Waals surface area (Å²) >= 11 is 0. The first-order chi connectivity index (χ1) is 10.7. The summed E-state index contributed by atoms with van der Waals surface area (Å²) in [5.41, 5.74) is 3.51. The molecule has 2 aromatic carbocycles. The number of nitrogens with one attached hydrogen (secondary N) is 1. The molecule has 0 aliphatic carbocycles. The maximum Gasteiger partial charge on any atom is 0.258 e. The largest absolute Gasteiger partial charge is 0.326 e. The highest BCUT2D eigenvalue weighted by molar-refractivity contribution is 6.07. The lowest BCUT2D eigenvalue weighted by Gasteiger charge is -2.17. The Labute approximate surface area is 129 Å². The highest BCUT2D eigenvalue weighted by atomic mass is 16.2. The topological polar surface area (TPSA) is 49.4 Å². The summed E-state index contributed by atoms with van der Waals surface area (Å²) in [6.45, 7) is 2.50. The molecule has 0 radical (unpaired) electrons.